The second kappa shape index (κ2) is 12.0. The van der Waals surface area contributed by atoms with Crippen molar-refractivity contribution in [3.8, 4) is 67.7 Å². The molecule has 0 bridgehead atoms. The van der Waals surface area contributed by atoms with Gasteiger partial charge in [-0.3, -0.25) is 0 Å². The first-order chi connectivity index (χ1) is 26.8. The third kappa shape index (κ3) is 4.49. The average molecular weight is 689 g/mol. The lowest BCUT2D eigenvalue weighted by atomic mass is 9.61. The molecule has 0 N–H and O–H groups in total. The summed E-state index contributed by atoms with van der Waals surface area (Å²) in [6, 6.07) is 69.2. The summed E-state index contributed by atoms with van der Waals surface area (Å²) < 4.78 is 6.99. The van der Waals surface area contributed by atoms with Gasteiger partial charge in [0, 0.05) is 33.2 Å². The van der Waals surface area contributed by atoms with Crippen LogP contribution in [0.2, 0.25) is 0 Å². The van der Waals surface area contributed by atoms with E-state index in [4.69, 9.17) is 14.7 Å². The zero-order chi connectivity index (χ0) is 35.6. The Morgan fingerprint density at radius 2 is 0.963 bits per heavy atom. The second-order valence-corrected chi connectivity index (χ2v) is 14.1. The van der Waals surface area contributed by atoms with Crippen LogP contribution in [-0.2, 0) is 5.41 Å². The van der Waals surface area contributed by atoms with E-state index in [1.54, 1.807) is 0 Å². The van der Waals surface area contributed by atoms with E-state index in [1.165, 1.54) is 33.4 Å². The highest BCUT2D eigenvalue weighted by Crippen LogP contribution is 2.62. The topological polar surface area (TPSA) is 35.0 Å². The minimum absolute atomic E-state index is 0.695. The Labute approximate surface area is 313 Å². The SMILES string of the molecule is c1ccc(-c2cc(-c3ccc4c(c3)C3(c5ccccc5Oc5c3ccc3ccccc53)c3ccccc3-c3ccccc3-4)nc(-c3ccccc3)n2)cc1. The van der Waals surface area contributed by atoms with Crippen LogP contribution >= 0.6 is 0 Å². The molecule has 1 aliphatic carbocycles. The van der Waals surface area contributed by atoms with Crippen LogP contribution in [0.4, 0.5) is 0 Å². The first kappa shape index (κ1) is 30.5. The molecule has 3 nitrogen and oxygen atoms in total. The molecule has 8 aromatic carbocycles. The highest BCUT2D eigenvalue weighted by Gasteiger charge is 2.49. The Bertz CT molecular complexity index is 2860. The zero-order valence-corrected chi connectivity index (χ0v) is 29.3. The van der Waals surface area contributed by atoms with Gasteiger partial charge < -0.3 is 4.74 Å². The fraction of sp³-hybridized carbons (Fsp3) is 0.0196. The van der Waals surface area contributed by atoms with Gasteiger partial charge in [0.15, 0.2) is 5.82 Å². The van der Waals surface area contributed by atoms with Crippen molar-refractivity contribution in [2.75, 3.05) is 0 Å². The molecule has 0 fully saturated rings. The van der Waals surface area contributed by atoms with E-state index < -0.39 is 5.41 Å². The first-order valence-corrected chi connectivity index (χ1v) is 18.4. The molecule has 1 spiro atoms. The molecular formula is C51H32N2O. The third-order valence-corrected chi connectivity index (χ3v) is 11.2. The van der Waals surface area contributed by atoms with Gasteiger partial charge in [0.25, 0.3) is 0 Å². The lowest BCUT2D eigenvalue weighted by molar-refractivity contribution is 0.440. The Morgan fingerprint density at radius 3 is 1.74 bits per heavy atom. The van der Waals surface area contributed by atoms with Crippen LogP contribution in [0.25, 0.3) is 66.9 Å². The number of hydrogen-bond acceptors (Lipinski definition) is 3. The minimum atomic E-state index is -0.729. The monoisotopic (exact) mass is 688 g/mol. The standard InChI is InChI=1S/C51H32N2O/c1-3-16-34(17-4-1)46-32-47(53-50(52-46)35-18-5-2-6-19-35)36-27-29-41-39-22-10-9-21-38(39)40-23-11-12-24-42(40)51(45(41)31-36)43-25-13-14-26-48(43)54-49-37-20-8-7-15-33(37)28-30-44(49)51/h1-32H. The number of para-hydroxylation sites is 1. The summed E-state index contributed by atoms with van der Waals surface area (Å²) in [4.78, 5) is 10.4. The molecule has 9 aromatic rings. The summed E-state index contributed by atoms with van der Waals surface area (Å²) in [5, 5.41) is 2.24. The largest absolute Gasteiger partial charge is 0.456 e. The van der Waals surface area contributed by atoms with E-state index in [1.807, 2.05) is 24.3 Å². The van der Waals surface area contributed by atoms with E-state index in [-0.39, 0.29) is 0 Å². The number of rotatable bonds is 3. The minimum Gasteiger partial charge on any atom is -0.456 e. The van der Waals surface area contributed by atoms with Crippen LogP contribution in [-0.4, -0.2) is 9.97 Å². The summed E-state index contributed by atoms with van der Waals surface area (Å²) in [7, 11) is 0. The van der Waals surface area contributed by atoms with Crippen LogP contribution < -0.4 is 4.74 Å². The summed E-state index contributed by atoms with van der Waals surface area (Å²) in [5.41, 5.74) is 13.5. The van der Waals surface area contributed by atoms with Crippen molar-refractivity contribution in [3.63, 3.8) is 0 Å². The van der Waals surface area contributed by atoms with Gasteiger partial charge >= 0.3 is 0 Å². The molecule has 2 aliphatic rings. The Balaban J connectivity index is 1.28. The molecule has 11 rings (SSSR count). The predicted molar refractivity (Wildman–Crippen MR) is 219 cm³/mol. The molecule has 0 amide bonds. The lowest BCUT2D eigenvalue weighted by Crippen LogP contribution is -2.35. The maximum atomic E-state index is 6.99. The summed E-state index contributed by atoms with van der Waals surface area (Å²) in [6.07, 6.45) is 0. The molecule has 0 saturated heterocycles. The molecule has 3 heteroatoms. The smallest absolute Gasteiger partial charge is 0.160 e. The fourth-order valence-electron chi connectivity index (χ4n) is 8.81. The van der Waals surface area contributed by atoms with E-state index in [9.17, 15) is 0 Å². The van der Waals surface area contributed by atoms with Crippen LogP contribution in [0.15, 0.2) is 194 Å². The molecule has 0 saturated carbocycles. The average Bonchev–Trinajstić information content (AvgIpc) is 3.35. The van der Waals surface area contributed by atoms with Crippen molar-refractivity contribution in [3.05, 3.63) is 216 Å². The Kier molecular flexibility index (Phi) is 6.77. The van der Waals surface area contributed by atoms with Crippen molar-refractivity contribution in [2.24, 2.45) is 0 Å². The number of aromatic nitrogens is 2. The highest BCUT2D eigenvalue weighted by atomic mass is 16.5. The van der Waals surface area contributed by atoms with Gasteiger partial charge in [-0.1, -0.05) is 176 Å². The van der Waals surface area contributed by atoms with Gasteiger partial charge in [0.2, 0.25) is 0 Å². The molecule has 1 unspecified atom stereocenters. The zero-order valence-electron chi connectivity index (χ0n) is 29.3. The maximum Gasteiger partial charge on any atom is 0.160 e. The molecule has 54 heavy (non-hydrogen) atoms. The molecule has 252 valence electrons. The maximum absolute atomic E-state index is 6.99. The van der Waals surface area contributed by atoms with Gasteiger partial charge in [0.05, 0.1) is 16.8 Å². The highest BCUT2D eigenvalue weighted by molar-refractivity contribution is 5.98. The van der Waals surface area contributed by atoms with Crippen molar-refractivity contribution >= 4 is 10.8 Å². The number of fused-ring (bicyclic) bond motifs is 13. The van der Waals surface area contributed by atoms with Crippen LogP contribution in [0.5, 0.6) is 11.5 Å². The van der Waals surface area contributed by atoms with Gasteiger partial charge in [-0.2, -0.15) is 0 Å². The Hall–Kier alpha value is -7.10. The molecular weight excluding hydrogens is 657 g/mol. The summed E-state index contributed by atoms with van der Waals surface area (Å²) >= 11 is 0. The van der Waals surface area contributed by atoms with Crippen molar-refractivity contribution in [1.29, 1.82) is 0 Å². The lowest BCUT2D eigenvalue weighted by Gasteiger charge is -2.43. The molecule has 1 aliphatic heterocycles. The van der Waals surface area contributed by atoms with Crippen LogP contribution in [0.1, 0.15) is 22.3 Å². The van der Waals surface area contributed by atoms with Gasteiger partial charge in [0.1, 0.15) is 11.5 Å². The van der Waals surface area contributed by atoms with Gasteiger partial charge in [-0.15, -0.1) is 0 Å². The fourth-order valence-corrected chi connectivity index (χ4v) is 8.81. The van der Waals surface area contributed by atoms with E-state index in [0.29, 0.717) is 5.82 Å². The predicted octanol–water partition coefficient (Wildman–Crippen LogP) is 12.8. The number of nitrogens with zero attached hydrogens (tertiary/aromatic N) is 2. The van der Waals surface area contributed by atoms with Crippen LogP contribution in [0, 0.1) is 0 Å². The van der Waals surface area contributed by atoms with Crippen LogP contribution in [0.3, 0.4) is 0 Å². The van der Waals surface area contributed by atoms with E-state index >= 15 is 0 Å². The number of hydrogen-bond donors (Lipinski definition) is 0. The van der Waals surface area contributed by atoms with Gasteiger partial charge in [-0.25, -0.2) is 9.97 Å². The molecule has 0 radical (unpaired) electrons. The molecule has 1 atom stereocenters. The quantitative estimate of drug-likeness (QED) is 0.185. The van der Waals surface area contributed by atoms with Crippen molar-refractivity contribution < 1.29 is 4.74 Å². The Morgan fingerprint density at radius 1 is 0.370 bits per heavy atom. The summed E-state index contributed by atoms with van der Waals surface area (Å²) in [6.45, 7) is 0. The van der Waals surface area contributed by atoms with Crippen molar-refractivity contribution in [1.82, 2.24) is 9.97 Å². The molecule has 1 aromatic heterocycles. The third-order valence-electron chi connectivity index (χ3n) is 11.2. The molecule has 2 heterocycles. The van der Waals surface area contributed by atoms with E-state index in [0.717, 1.165) is 61.5 Å². The van der Waals surface area contributed by atoms with Crippen molar-refractivity contribution in [2.45, 2.75) is 5.41 Å². The summed E-state index contributed by atoms with van der Waals surface area (Å²) in [5.74, 6) is 2.45. The van der Waals surface area contributed by atoms with E-state index in [2.05, 4.69) is 170 Å². The normalized spacial score (nSPS) is 14.9. The number of ether oxygens (including phenoxy) is 1. The second-order valence-electron chi connectivity index (χ2n) is 14.1. The first-order valence-electron chi connectivity index (χ1n) is 18.4. The number of benzene rings is 8. The van der Waals surface area contributed by atoms with Gasteiger partial charge in [-0.05, 0) is 57.0 Å².